The van der Waals surface area contributed by atoms with E-state index in [9.17, 15) is 19.5 Å². The van der Waals surface area contributed by atoms with Crippen LogP contribution in [0.1, 0.15) is 64.9 Å². The monoisotopic (exact) mass is 475 g/mol. The molecule has 0 spiro atoms. The first-order valence-corrected chi connectivity index (χ1v) is 11.4. The lowest BCUT2D eigenvalue weighted by Crippen LogP contribution is -2.16. The first-order chi connectivity index (χ1) is 15.8. The number of rotatable bonds is 11. The van der Waals surface area contributed by atoms with E-state index in [0.717, 1.165) is 16.2 Å². The van der Waals surface area contributed by atoms with Crippen molar-refractivity contribution < 1.29 is 29.0 Å². The summed E-state index contributed by atoms with van der Waals surface area (Å²) in [6, 6.07) is 5.12. The summed E-state index contributed by atoms with van der Waals surface area (Å²) in [5.74, 6) is -0.932. The molecule has 33 heavy (non-hydrogen) atoms. The zero-order valence-corrected chi connectivity index (χ0v) is 19.7. The number of amides is 1. The van der Waals surface area contributed by atoms with Crippen LogP contribution in [-0.2, 0) is 11.2 Å². The van der Waals surface area contributed by atoms with Gasteiger partial charge in [0, 0.05) is 34.5 Å². The van der Waals surface area contributed by atoms with E-state index in [-0.39, 0.29) is 23.8 Å². The second-order valence-corrected chi connectivity index (χ2v) is 8.70. The second kappa shape index (κ2) is 12.8. The Hall–Kier alpha value is -3.17. The number of carbonyl (C=O) groups is 2. The molecule has 1 atom stereocenters. The summed E-state index contributed by atoms with van der Waals surface area (Å²) in [7, 11) is 1.27. The van der Waals surface area contributed by atoms with Crippen molar-refractivity contribution in [3.63, 3.8) is 0 Å². The molecule has 0 bridgehead atoms. The van der Waals surface area contributed by atoms with Crippen LogP contribution in [0.5, 0.6) is 5.75 Å². The third-order valence-corrected chi connectivity index (χ3v) is 6.01. The highest BCUT2D eigenvalue weighted by atomic mass is 32.1. The van der Waals surface area contributed by atoms with Crippen molar-refractivity contribution in [3.05, 3.63) is 67.5 Å². The molecular formula is C24H29NO7S. The maximum absolute atomic E-state index is 12.8. The number of ether oxygens (including phenoxy) is 1. The van der Waals surface area contributed by atoms with Crippen LogP contribution >= 0.6 is 11.3 Å². The molecule has 178 valence electrons. The molecule has 0 saturated carbocycles. The number of hydrogen-bond acceptors (Lipinski definition) is 8. The molecular weight excluding hydrogens is 446 g/mol. The van der Waals surface area contributed by atoms with Crippen molar-refractivity contribution in [2.24, 2.45) is 0 Å². The van der Waals surface area contributed by atoms with Gasteiger partial charge in [0.15, 0.2) is 5.78 Å². The predicted molar refractivity (Wildman–Crippen MR) is 127 cm³/mol. The molecule has 3 N–H and O–H groups in total. The van der Waals surface area contributed by atoms with Crippen LogP contribution in [-0.4, -0.2) is 35.8 Å². The standard InChI is InChI=1S/C24H29NO7S/c1-15(7-4-5-11-25-24(30)31-3)20-14-19(27)21(23(29)32-20)22(28)16(2)13-18-10-9-17(33-18)8-6-12-26/h5,9-11,13-15,26-27H,4,6-8,12H2,1-3H3,(H,25,30)/b11-5+,16-13+. The van der Waals surface area contributed by atoms with Crippen molar-refractivity contribution >= 4 is 29.3 Å². The van der Waals surface area contributed by atoms with Gasteiger partial charge in [-0.3, -0.25) is 10.1 Å². The number of alkyl carbamates (subject to hydrolysis) is 1. The number of aliphatic hydroxyl groups excluding tert-OH is 1. The third-order valence-electron chi connectivity index (χ3n) is 4.91. The molecule has 0 aliphatic carbocycles. The highest BCUT2D eigenvalue weighted by Gasteiger charge is 2.22. The number of nitrogens with one attached hydrogen (secondary N) is 1. The fourth-order valence-electron chi connectivity index (χ4n) is 3.04. The Morgan fingerprint density at radius 3 is 2.76 bits per heavy atom. The van der Waals surface area contributed by atoms with Gasteiger partial charge in [0.2, 0.25) is 0 Å². The summed E-state index contributed by atoms with van der Waals surface area (Å²) in [5, 5.41) is 21.8. The van der Waals surface area contributed by atoms with Gasteiger partial charge in [0.05, 0.1) is 7.11 Å². The van der Waals surface area contributed by atoms with Crippen LogP contribution in [0.3, 0.4) is 0 Å². The summed E-state index contributed by atoms with van der Waals surface area (Å²) < 4.78 is 9.79. The topological polar surface area (TPSA) is 126 Å². The Morgan fingerprint density at radius 1 is 1.33 bits per heavy atom. The van der Waals surface area contributed by atoms with E-state index in [2.05, 4.69) is 10.1 Å². The summed E-state index contributed by atoms with van der Waals surface area (Å²) >= 11 is 1.50. The number of thiophene rings is 1. The van der Waals surface area contributed by atoms with Crippen molar-refractivity contribution in [3.8, 4) is 5.75 Å². The van der Waals surface area contributed by atoms with Crippen LogP contribution in [0, 0.1) is 0 Å². The molecule has 0 fully saturated rings. The molecule has 2 heterocycles. The maximum atomic E-state index is 12.8. The van der Waals surface area contributed by atoms with Gasteiger partial charge < -0.3 is 19.4 Å². The smallest absolute Gasteiger partial charge is 0.410 e. The van der Waals surface area contributed by atoms with Gasteiger partial charge in [-0.15, -0.1) is 11.3 Å². The molecule has 2 rings (SSSR count). The van der Waals surface area contributed by atoms with Crippen molar-refractivity contribution in [1.82, 2.24) is 5.32 Å². The normalized spacial score (nSPS) is 12.7. The summed E-state index contributed by atoms with van der Waals surface area (Å²) in [4.78, 5) is 38.2. The highest BCUT2D eigenvalue weighted by molar-refractivity contribution is 7.12. The van der Waals surface area contributed by atoms with E-state index < -0.39 is 23.3 Å². The highest BCUT2D eigenvalue weighted by Crippen LogP contribution is 2.27. The number of methoxy groups -OCH3 is 1. The molecule has 0 saturated heterocycles. The van der Waals surface area contributed by atoms with Crippen LogP contribution in [0.15, 0.2) is 45.3 Å². The molecule has 2 aromatic heterocycles. The second-order valence-electron chi connectivity index (χ2n) is 7.50. The summed E-state index contributed by atoms with van der Waals surface area (Å²) in [5.41, 5.74) is -0.969. The van der Waals surface area contributed by atoms with Gasteiger partial charge in [-0.25, -0.2) is 9.59 Å². The fraction of sp³-hybridized carbons (Fsp3) is 0.375. The van der Waals surface area contributed by atoms with Gasteiger partial charge in [0.25, 0.3) is 0 Å². The number of aryl methyl sites for hydroxylation is 1. The quantitative estimate of drug-likeness (QED) is 0.325. The summed E-state index contributed by atoms with van der Waals surface area (Å²) in [6.45, 7) is 3.53. The SMILES string of the molecule is COC(=O)N/C=C/CCC(C)c1cc(O)c(C(=O)/C(C)=C/c2ccc(CCCO)s2)c(=O)o1. The Kier molecular flexibility index (Phi) is 10.1. The van der Waals surface area contributed by atoms with E-state index in [1.54, 1.807) is 19.1 Å². The fourth-order valence-corrected chi connectivity index (χ4v) is 4.10. The minimum Gasteiger partial charge on any atom is -0.507 e. The molecule has 1 amide bonds. The molecule has 0 aliphatic heterocycles. The van der Waals surface area contributed by atoms with Crippen molar-refractivity contribution in [1.29, 1.82) is 0 Å². The van der Waals surface area contributed by atoms with Gasteiger partial charge in [-0.1, -0.05) is 13.0 Å². The number of hydrogen-bond donors (Lipinski definition) is 3. The Labute approximate surface area is 196 Å². The molecule has 0 aliphatic rings. The minimum absolute atomic E-state index is 0.119. The lowest BCUT2D eigenvalue weighted by molar-refractivity contribution is 0.102. The van der Waals surface area contributed by atoms with Gasteiger partial charge >= 0.3 is 11.7 Å². The zero-order valence-electron chi connectivity index (χ0n) is 18.9. The molecule has 8 nitrogen and oxygen atoms in total. The van der Waals surface area contributed by atoms with Gasteiger partial charge in [0.1, 0.15) is 17.1 Å². The van der Waals surface area contributed by atoms with Crippen LogP contribution < -0.4 is 10.9 Å². The number of carbonyl (C=O) groups excluding carboxylic acids is 2. The Bertz CT molecular complexity index is 1080. The number of aromatic hydroxyl groups is 1. The van der Waals surface area contributed by atoms with Gasteiger partial charge in [-0.05, 0) is 56.4 Å². The van der Waals surface area contributed by atoms with Crippen molar-refractivity contribution in [2.75, 3.05) is 13.7 Å². The lowest BCUT2D eigenvalue weighted by atomic mass is 10.00. The van der Waals surface area contributed by atoms with E-state index in [4.69, 9.17) is 9.52 Å². The van der Waals surface area contributed by atoms with E-state index in [1.807, 2.05) is 19.1 Å². The number of Topliss-reactive ketones (excluding diaryl/α,β-unsaturated/α-hetero) is 1. The minimum atomic E-state index is -0.882. The molecule has 0 aromatic carbocycles. The Morgan fingerprint density at radius 2 is 2.09 bits per heavy atom. The average Bonchev–Trinajstić information content (AvgIpc) is 3.23. The maximum Gasteiger partial charge on any atom is 0.410 e. The largest absolute Gasteiger partial charge is 0.507 e. The Balaban J connectivity index is 2.09. The third kappa shape index (κ3) is 7.73. The number of allylic oxidation sites excluding steroid dienone is 2. The predicted octanol–water partition coefficient (Wildman–Crippen LogP) is 4.37. The molecule has 9 heteroatoms. The first kappa shape index (κ1) is 26.1. The summed E-state index contributed by atoms with van der Waals surface area (Å²) in [6.07, 6.45) is 6.89. The average molecular weight is 476 g/mol. The van der Waals surface area contributed by atoms with Crippen molar-refractivity contribution in [2.45, 2.75) is 45.4 Å². The number of aliphatic hydroxyl groups is 1. The lowest BCUT2D eigenvalue weighted by Gasteiger charge is -2.11. The molecule has 1 unspecified atom stereocenters. The van der Waals surface area contributed by atoms with Crippen LogP contribution in [0.2, 0.25) is 0 Å². The van der Waals surface area contributed by atoms with E-state index >= 15 is 0 Å². The van der Waals surface area contributed by atoms with E-state index in [0.29, 0.717) is 24.8 Å². The van der Waals surface area contributed by atoms with Crippen LogP contribution in [0.25, 0.3) is 6.08 Å². The molecule has 0 radical (unpaired) electrons. The van der Waals surface area contributed by atoms with Gasteiger partial charge in [-0.2, -0.15) is 0 Å². The first-order valence-electron chi connectivity index (χ1n) is 10.6. The van der Waals surface area contributed by atoms with Crippen LogP contribution in [0.4, 0.5) is 4.79 Å². The number of ketones is 1. The molecule has 2 aromatic rings. The van der Waals surface area contributed by atoms with E-state index in [1.165, 1.54) is 30.7 Å². The zero-order chi connectivity index (χ0) is 24.4.